The van der Waals surface area contributed by atoms with E-state index in [-0.39, 0.29) is 50.1 Å². The molecular weight excluding hydrogens is 428 g/mol. The molecule has 0 aromatic carbocycles. The van der Waals surface area contributed by atoms with E-state index in [1.54, 1.807) is 20.8 Å². The van der Waals surface area contributed by atoms with Gasteiger partial charge in [0.15, 0.2) is 5.79 Å². The molecule has 1 spiro atoms. The van der Waals surface area contributed by atoms with E-state index in [0.717, 1.165) is 0 Å². The Hall–Kier alpha value is -1.06. The molecule has 3 N–H and O–H groups in total. The second kappa shape index (κ2) is 7.23. The monoisotopic (exact) mass is 466 g/mol. The Kier molecular flexibility index (Phi) is 5.19. The molecular formula is C25H38O8. The van der Waals surface area contributed by atoms with Gasteiger partial charge >= 0.3 is 5.97 Å². The zero-order chi connectivity index (χ0) is 24.0. The number of aliphatic hydroxyl groups is 3. The fourth-order valence-electron chi connectivity index (χ4n) is 8.70. The largest absolute Gasteiger partial charge is 0.466 e. The normalized spacial score (nSPS) is 52.8. The molecule has 0 radical (unpaired) electrons. The van der Waals surface area contributed by atoms with Crippen molar-refractivity contribution in [2.75, 3.05) is 13.2 Å². The molecule has 5 fully saturated rings. The quantitative estimate of drug-likeness (QED) is 0.526. The minimum Gasteiger partial charge on any atom is -0.466 e. The smallest absolute Gasteiger partial charge is 0.309 e. The molecule has 0 aromatic heterocycles. The maximum absolute atomic E-state index is 12.8. The molecule has 1 heterocycles. The summed E-state index contributed by atoms with van der Waals surface area (Å²) in [6.45, 7) is 7.68. The average Bonchev–Trinajstić information content (AvgIpc) is 2.97. The average molecular weight is 467 g/mol. The number of hydrogen-bond acceptors (Lipinski definition) is 8. The molecule has 4 aliphatic carbocycles. The third-order valence-corrected chi connectivity index (χ3v) is 10.1. The standard InChI is InChI=1S/C25H38O8/c1-5-31-20(28)16-7-9-25(30)15-6-8-23(29)11-14(26)10-18-24(23,13-32-21(2,3)33-18)19(15)17(27)12-22(16,25)4/h15-19,27,29-30H,5-13H2,1-4H3/t15-,16-,17-,18-,19-,22-,23+,24+,25-/m0/s1. The summed E-state index contributed by atoms with van der Waals surface area (Å²) in [5.74, 6) is -2.63. The number of ether oxygens (including phenoxy) is 3. The molecule has 1 saturated heterocycles. The van der Waals surface area contributed by atoms with Gasteiger partial charge in [0.05, 0.1) is 48.0 Å². The van der Waals surface area contributed by atoms with Gasteiger partial charge in [0.2, 0.25) is 0 Å². The van der Waals surface area contributed by atoms with Crippen LogP contribution >= 0.6 is 0 Å². The van der Waals surface area contributed by atoms with Gasteiger partial charge in [-0.15, -0.1) is 0 Å². The molecule has 9 atom stereocenters. The number of rotatable bonds is 2. The molecule has 5 aliphatic rings. The molecule has 0 unspecified atom stereocenters. The van der Waals surface area contributed by atoms with E-state index >= 15 is 0 Å². The summed E-state index contributed by atoms with van der Waals surface area (Å²) in [4.78, 5) is 25.5. The Balaban J connectivity index is 1.59. The molecule has 0 aromatic rings. The lowest BCUT2D eigenvalue weighted by molar-refractivity contribution is -0.390. The molecule has 33 heavy (non-hydrogen) atoms. The number of hydrogen-bond donors (Lipinski definition) is 3. The first-order valence-corrected chi connectivity index (χ1v) is 12.5. The summed E-state index contributed by atoms with van der Waals surface area (Å²) in [6.07, 6.45) is 0.615. The van der Waals surface area contributed by atoms with Gasteiger partial charge in [0, 0.05) is 24.2 Å². The summed E-state index contributed by atoms with van der Waals surface area (Å²) in [7, 11) is 0. The lowest BCUT2D eigenvalue weighted by atomic mass is 9.40. The van der Waals surface area contributed by atoms with Crippen molar-refractivity contribution in [1.82, 2.24) is 0 Å². The predicted octanol–water partition coefficient (Wildman–Crippen LogP) is 1.72. The Morgan fingerprint density at radius 1 is 1.18 bits per heavy atom. The van der Waals surface area contributed by atoms with Crippen LogP contribution in [-0.2, 0) is 23.8 Å². The molecule has 8 nitrogen and oxygen atoms in total. The first kappa shape index (κ1) is 23.7. The number of fused-ring (bicyclic) bond motifs is 3. The van der Waals surface area contributed by atoms with Crippen LogP contribution in [0.1, 0.15) is 72.6 Å². The van der Waals surface area contributed by atoms with Gasteiger partial charge in [0.25, 0.3) is 0 Å². The van der Waals surface area contributed by atoms with Crippen molar-refractivity contribution in [3.05, 3.63) is 0 Å². The predicted molar refractivity (Wildman–Crippen MR) is 116 cm³/mol. The van der Waals surface area contributed by atoms with E-state index in [4.69, 9.17) is 14.2 Å². The zero-order valence-corrected chi connectivity index (χ0v) is 20.1. The van der Waals surface area contributed by atoms with Gasteiger partial charge in [-0.25, -0.2) is 0 Å². The van der Waals surface area contributed by atoms with Gasteiger partial charge < -0.3 is 29.5 Å². The first-order valence-electron chi connectivity index (χ1n) is 12.5. The number of esters is 1. The Bertz CT molecular complexity index is 857. The fraction of sp³-hybridized carbons (Fsp3) is 0.920. The lowest BCUT2D eigenvalue weighted by Crippen LogP contribution is -2.77. The topological polar surface area (TPSA) is 123 Å². The van der Waals surface area contributed by atoms with Crippen LogP contribution in [0, 0.1) is 28.6 Å². The van der Waals surface area contributed by atoms with Crippen molar-refractivity contribution >= 4 is 11.8 Å². The molecule has 0 amide bonds. The highest BCUT2D eigenvalue weighted by Crippen LogP contribution is 2.70. The lowest BCUT2D eigenvalue weighted by Gasteiger charge is -2.70. The second-order valence-corrected chi connectivity index (χ2v) is 11.9. The van der Waals surface area contributed by atoms with E-state index in [0.29, 0.717) is 25.7 Å². The van der Waals surface area contributed by atoms with Crippen molar-refractivity contribution in [3.63, 3.8) is 0 Å². The number of Topliss-reactive ketones (excluding diaryl/α,β-unsaturated/α-hetero) is 1. The van der Waals surface area contributed by atoms with Crippen LogP contribution in [0.2, 0.25) is 0 Å². The number of carbonyl (C=O) groups excluding carboxylic acids is 2. The van der Waals surface area contributed by atoms with Crippen molar-refractivity contribution in [1.29, 1.82) is 0 Å². The molecule has 186 valence electrons. The van der Waals surface area contributed by atoms with E-state index in [9.17, 15) is 24.9 Å². The van der Waals surface area contributed by atoms with Gasteiger partial charge in [0.1, 0.15) is 5.78 Å². The number of aliphatic hydroxyl groups excluding tert-OH is 1. The van der Waals surface area contributed by atoms with Crippen LogP contribution in [0.25, 0.3) is 0 Å². The highest BCUT2D eigenvalue weighted by atomic mass is 16.7. The molecule has 5 rings (SSSR count). The molecule has 4 saturated carbocycles. The van der Waals surface area contributed by atoms with E-state index in [2.05, 4.69) is 0 Å². The van der Waals surface area contributed by atoms with Crippen LogP contribution in [0.15, 0.2) is 0 Å². The third-order valence-electron chi connectivity index (χ3n) is 10.1. The summed E-state index contributed by atoms with van der Waals surface area (Å²) in [5.41, 5.74) is -4.39. The first-order chi connectivity index (χ1) is 15.3. The van der Waals surface area contributed by atoms with Crippen molar-refractivity contribution < 1.29 is 39.1 Å². The summed E-state index contributed by atoms with van der Waals surface area (Å²) in [5, 5.41) is 35.8. The van der Waals surface area contributed by atoms with Gasteiger partial charge in [-0.2, -0.15) is 0 Å². The molecule has 1 aliphatic heterocycles. The third kappa shape index (κ3) is 2.94. The van der Waals surface area contributed by atoms with E-state index in [1.165, 1.54) is 0 Å². The number of ketones is 1. The maximum atomic E-state index is 12.8. The highest BCUT2D eigenvalue weighted by Gasteiger charge is 2.77. The minimum atomic E-state index is -1.37. The number of carbonyl (C=O) groups is 2. The Labute approximate surface area is 195 Å². The minimum absolute atomic E-state index is 0.00767. The van der Waals surface area contributed by atoms with Crippen molar-refractivity contribution in [3.8, 4) is 0 Å². The fourth-order valence-corrected chi connectivity index (χ4v) is 8.70. The zero-order valence-electron chi connectivity index (χ0n) is 20.1. The highest BCUT2D eigenvalue weighted by molar-refractivity contribution is 5.82. The molecule has 8 heteroatoms. The van der Waals surface area contributed by atoms with Crippen LogP contribution < -0.4 is 0 Å². The van der Waals surface area contributed by atoms with Crippen LogP contribution in [0.3, 0.4) is 0 Å². The van der Waals surface area contributed by atoms with Gasteiger partial charge in [-0.1, -0.05) is 6.92 Å². The van der Waals surface area contributed by atoms with Crippen LogP contribution in [0.5, 0.6) is 0 Å². The van der Waals surface area contributed by atoms with Crippen LogP contribution in [-0.4, -0.2) is 69.5 Å². The van der Waals surface area contributed by atoms with Crippen LogP contribution in [0.4, 0.5) is 0 Å². The van der Waals surface area contributed by atoms with Crippen molar-refractivity contribution in [2.45, 2.75) is 102 Å². The SMILES string of the molecule is CCOC(=O)[C@@H]1CC[C@]2(O)[C@H]3CC[C@@]4(O)CC(=O)C[C@@H]5OC(C)(C)OC[C@]54[C@@H]3[C@@H](O)C[C@@]12C. The van der Waals surface area contributed by atoms with Gasteiger partial charge in [-0.3, -0.25) is 9.59 Å². The van der Waals surface area contributed by atoms with E-state index < -0.39 is 51.9 Å². The summed E-state index contributed by atoms with van der Waals surface area (Å²) < 4.78 is 17.7. The summed E-state index contributed by atoms with van der Waals surface area (Å²) >= 11 is 0. The molecule has 0 bridgehead atoms. The second-order valence-electron chi connectivity index (χ2n) is 11.9. The Morgan fingerprint density at radius 3 is 2.61 bits per heavy atom. The summed E-state index contributed by atoms with van der Waals surface area (Å²) in [6, 6.07) is 0. The Morgan fingerprint density at radius 2 is 1.91 bits per heavy atom. The van der Waals surface area contributed by atoms with Crippen molar-refractivity contribution in [2.24, 2.45) is 28.6 Å². The maximum Gasteiger partial charge on any atom is 0.309 e. The van der Waals surface area contributed by atoms with E-state index in [1.807, 2.05) is 6.92 Å². The van der Waals surface area contributed by atoms with Gasteiger partial charge in [-0.05, 0) is 58.8 Å².